The Kier molecular flexibility index (Phi) is 2.64. The maximum atomic E-state index is 5.81. The zero-order valence-corrected chi connectivity index (χ0v) is 11.4. The Morgan fingerprint density at radius 1 is 1.05 bits per heavy atom. The third-order valence-electron chi connectivity index (χ3n) is 3.67. The van der Waals surface area contributed by atoms with Gasteiger partial charge in [-0.25, -0.2) is 0 Å². The lowest BCUT2D eigenvalue weighted by Gasteiger charge is -2.13. The largest absolute Gasteiger partial charge is 0.403 e. The van der Waals surface area contributed by atoms with E-state index < -0.39 is 0 Å². The third kappa shape index (κ3) is 2.03. The van der Waals surface area contributed by atoms with Gasteiger partial charge in [0.05, 0.1) is 0 Å². The first kappa shape index (κ1) is 12.0. The molecule has 0 saturated carbocycles. The van der Waals surface area contributed by atoms with E-state index in [4.69, 9.17) is 10.2 Å². The zero-order chi connectivity index (χ0) is 14.2. The minimum atomic E-state index is 0.488. The maximum Gasteiger partial charge on any atom is 0.323 e. The number of hydrogen-bond acceptors (Lipinski definition) is 5. The summed E-state index contributed by atoms with van der Waals surface area (Å²) in [6.07, 6.45) is 0.992. The van der Waals surface area contributed by atoms with Crippen LogP contribution in [0.25, 0.3) is 11.5 Å². The van der Waals surface area contributed by atoms with Gasteiger partial charge in [0, 0.05) is 23.5 Å². The number of rotatable bonds is 2. The van der Waals surface area contributed by atoms with E-state index in [1.807, 2.05) is 36.4 Å². The van der Waals surface area contributed by atoms with Crippen molar-refractivity contribution >= 4 is 17.4 Å². The molecule has 21 heavy (non-hydrogen) atoms. The van der Waals surface area contributed by atoms with Crippen molar-refractivity contribution in [1.29, 1.82) is 0 Å². The highest BCUT2D eigenvalue weighted by atomic mass is 16.4. The molecule has 0 radical (unpaired) electrons. The van der Waals surface area contributed by atoms with Gasteiger partial charge in [0.1, 0.15) is 0 Å². The molecule has 0 spiro atoms. The van der Waals surface area contributed by atoms with E-state index in [-0.39, 0.29) is 0 Å². The summed E-state index contributed by atoms with van der Waals surface area (Å²) < 4.78 is 5.81. The molecule has 1 aliphatic rings. The van der Waals surface area contributed by atoms with Crippen LogP contribution in [0, 0.1) is 0 Å². The summed E-state index contributed by atoms with van der Waals surface area (Å²) in [6.45, 7) is 0.859. The Bertz CT molecular complexity index is 796. The minimum absolute atomic E-state index is 0.488. The molecule has 2 heterocycles. The molecule has 4 rings (SSSR count). The Morgan fingerprint density at radius 3 is 2.86 bits per heavy atom. The minimum Gasteiger partial charge on any atom is -0.403 e. The van der Waals surface area contributed by atoms with Crippen LogP contribution < -0.4 is 10.6 Å². The first-order chi connectivity index (χ1) is 10.3. The van der Waals surface area contributed by atoms with E-state index in [1.165, 1.54) is 5.56 Å². The van der Waals surface area contributed by atoms with Gasteiger partial charge in [-0.15, -0.1) is 5.10 Å². The summed E-state index contributed by atoms with van der Waals surface area (Å²) in [7, 11) is 0. The molecular weight excluding hydrogens is 264 g/mol. The average Bonchev–Trinajstić information content (AvgIpc) is 3.14. The number of benzene rings is 2. The first-order valence-electron chi connectivity index (χ1n) is 6.86. The fourth-order valence-electron chi connectivity index (χ4n) is 2.65. The summed E-state index contributed by atoms with van der Waals surface area (Å²) in [5, 5.41) is 8.30. The highest BCUT2D eigenvalue weighted by Crippen LogP contribution is 2.34. The number of anilines is 3. The van der Waals surface area contributed by atoms with Gasteiger partial charge >= 0.3 is 6.01 Å². The van der Waals surface area contributed by atoms with Crippen molar-refractivity contribution in [3.8, 4) is 11.5 Å². The van der Waals surface area contributed by atoms with Gasteiger partial charge < -0.3 is 10.2 Å². The molecule has 0 saturated heterocycles. The Hall–Kier alpha value is -2.82. The highest BCUT2D eigenvalue weighted by Gasteiger charge is 2.24. The molecule has 0 bridgehead atoms. The van der Waals surface area contributed by atoms with E-state index in [9.17, 15) is 0 Å². The van der Waals surface area contributed by atoms with Crippen LogP contribution in [0.3, 0.4) is 0 Å². The van der Waals surface area contributed by atoms with Crippen LogP contribution in [0.4, 0.5) is 17.4 Å². The number of aromatic nitrogens is 2. The smallest absolute Gasteiger partial charge is 0.323 e. The van der Waals surface area contributed by atoms with Crippen molar-refractivity contribution in [2.75, 3.05) is 17.2 Å². The van der Waals surface area contributed by atoms with Crippen LogP contribution in [-0.2, 0) is 6.42 Å². The molecule has 0 aliphatic carbocycles. The van der Waals surface area contributed by atoms with Crippen LogP contribution in [0.15, 0.2) is 52.9 Å². The van der Waals surface area contributed by atoms with Crippen LogP contribution in [0.2, 0.25) is 0 Å². The topological polar surface area (TPSA) is 68.2 Å². The number of fused-ring (bicyclic) bond motifs is 1. The number of nitrogen functional groups attached to an aromatic ring is 1. The maximum absolute atomic E-state index is 5.81. The van der Waals surface area contributed by atoms with Gasteiger partial charge in [-0.3, -0.25) is 4.90 Å². The molecule has 0 fully saturated rings. The summed E-state index contributed by atoms with van der Waals surface area (Å²) in [5.41, 5.74) is 9.75. The van der Waals surface area contributed by atoms with E-state index in [1.54, 1.807) is 0 Å². The van der Waals surface area contributed by atoms with Gasteiger partial charge in [0.25, 0.3) is 0 Å². The number of nitrogens with zero attached hydrogens (tertiary/aromatic N) is 3. The molecule has 1 aliphatic heterocycles. The first-order valence-corrected chi connectivity index (χ1v) is 6.86. The van der Waals surface area contributed by atoms with Crippen LogP contribution in [-0.4, -0.2) is 16.7 Å². The Morgan fingerprint density at radius 2 is 1.95 bits per heavy atom. The number of hydrogen-bond donors (Lipinski definition) is 1. The zero-order valence-electron chi connectivity index (χ0n) is 11.4. The van der Waals surface area contributed by atoms with Crippen molar-refractivity contribution in [1.82, 2.24) is 10.2 Å². The second kappa shape index (κ2) is 4.63. The average molecular weight is 278 g/mol. The van der Waals surface area contributed by atoms with E-state index in [0.29, 0.717) is 17.6 Å². The molecule has 0 atom stereocenters. The molecule has 104 valence electrons. The summed E-state index contributed by atoms with van der Waals surface area (Å²) >= 11 is 0. The SMILES string of the molecule is Nc1cccc(-c2nnc(N3CCc4ccccc43)o2)c1. The molecule has 0 amide bonds. The van der Waals surface area contributed by atoms with Crippen molar-refractivity contribution in [3.63, 3.8) is 0 Å². The molecule has 5 heteroatoms. The predicted molar refractivity (Wildman–Crippen MR) is 81.3 cm³/mol. The van der Waals surface area contributed by atoms with Gasteiger partial charge in [-0.05, 0) is 36.2 Å². The van der Waals surface area contributed by atoms with Crippen molar-refractivity contribution < 1.29 is 4.42 Å². The summed E-state index contributed by atoms with van der Waals surface area (Å²) in [6, 6.07) is 16.2. The van der Waals surface area contributed by atoms with Gasteiger partial charge in [0.2, 0.25) is 5.89 Å². The molecule has 5 nitrogen and oxygen atoms in total. The lowest BCUT2D eigenvalue weighted by molar-refractivity contribution is 0.566. The predicted octanol–water partition coefficient (Wildman–Crippen LogP) is 3.01. The monoisotopic (exact) mass is 278 g/mol. The molecule has 0 unspecified atom stereocenters. The van der Waals surface area contributed by atoms with Crippen LogP contribution in [0.5, 0.6) is 0 Å². The second-order valence-electron chi connectivity index (χ2n) is 5.05. The Balaban J connectivity index is 1.70. The van der Waals surface area contributed by atoms with E-state index in [2.05, 4.69) is 27.2 Å². The van der Waals surface area contributed by atoms with Crippen molar-refractivity contribution in [2.45, 2.75) is 6.42 Å². The number of para-hydroxylation sites is 1. The lowest BCUT2D eigenvalue weighted by atomic mass is 10.2. The fraction of sp³-hybridized carbons (Fsp3) is 0.125. The standard InChI is InChI=1S/C16H14N4O/c17-13-6-3-5-12(10-13)15-18-19-16(21-15)20-9-8-11-4-1-2-7-14(11)20/h1-7,10H,8-9,17H2. The van der Waals surface area contributed by atoms with Crippen LogP contribution >= 0.6 is 0 Å². The van der Waals surface area contributed by atoms with Crippen LogP contribution in [0.1, 0.15) is 5.56 Å². The van der Waals surface area contributed by atoms with E-state index >= 15 is 0 Å². The molecule has 3 aromatic rings. The second-order valence-corrected chi connectivity index (χ2v) is 5.05. The quantitative estimate of drug-likeness (QED) is 0.730. The third-order valence-corrected chi connectivity index (χ3v) is 3.67. The molecule has 1 aromatic heterocycles. The van der Waals surface area contributed by atoms with E-state index in [0.717, 1.165) is 24.2 Å². The van der Waals surface area contributed by atoms with Crippen molar-refractivity contribution in [2.24, 2.45) is 0 Å². The normalized spacial score (nSPS) is 13.4. The summed E-state index contributed by atoms with van der Waals surface area (Å²) in [5.74, 6) is 0.488. The Labute approximate surface area is 122 Å². The highest BCUT2D eigenvalue weighted by molar-refractivity contribution is 5.66. The molecule has 2 aromatic carbocycles. The summed E-state index contributed by atoms with van der Waals surface area (Å²) in [4.78, 5) is 2.05. The lowest BCUT2D eigenvalue weighted by Crippen LogP contribution is -2.13. The molecule has 2 N–H and O–H groups in total. The fourth-order valence-corrected chi connectivity index (χ4v) is 2.65. The number of nitrogens with two attached hydrogens (primary N) is 1. The van der Waals surface area contributed by atoms with Gasteiger partial charge in [-0.1, -0.05) is 29.4 Å². The molecular formula is C16H14N4O. The van der Waals surface area contributed by atoms with Gasteiger partial charge in [0.15, 0.2) is 0 Å². The van der Waals surface area contributed by atoms with Gasteiger partial charge in [-0.2, -0.15) is 0 Å². The van der Waals surface area contributed by atoms with Crippen molar-refractivity contribution in [3.05, 3.63) is 54.1 Å².